The van der Waals surface area contributed by atoms with Gasteiger partial charge in [0.15, 0.2) is 6.61 Å². The first-order valence-electron chi connectivity index (χ1n) is 8.45. The Labute approximate surface area is 165 Å². The fraction of sp³-hybridized carbons (Fsp3) is 0.300. The number of benzene rings is 2. The Balaban J connectivity index is 1.60. The average molecular weight is 407 g/mol. The van der Waals surface area contributed by atoms with Gasteiger partial charge < -0.3 is 9.47 Å². The maximum Gasteiger partial charge on any atom is 0.338 e. The van der Waals surface area contributed by atoms with Crippen LogP contribution in [-0.2, 0) is 4.74 Å². The highest BCUT2D eigenvalue weighted by atomic mass is 32.2. The van der Waals surface area contributed by atoms with Gasteiger partial charge in [-0.3, -0.25) is 4.79 Å². The molecule has 142 valence electrons. The van der Waals surface area contributed by atoms with Crippen molar-refractivity contribution in [1.82, 2.24) is 0 Å². The van der Waals surface area contributed by atoms with Gasteiger partial charge in [0.05, 0.1) is 22.8 Å². The van der Waals surface area contributed by atoms with Gasteiger partial charge >= 0.3 is 5.97 Å². The van der Waals surface area contributed by atoms with Gasteiger partial charge in [0.25, 0.3) is 0 Å². The van der Waals surface area contributed by atoms with Crippen molar-refractivity contribution in [1.29, 1.82) is 0 Å². The van der Waals surface area contributed by atoms with Gasteiger partial charge in [-0.25, -0.2) is 9.18 Å². The van der Waals surface area contributed by atoms with Gasteiger partial charge in [0, 0.05) is 0 Å². The lowest BCUT2D eigenvalue weighted by Gasteiger charge is -2.21. The Hall–Kier alpha value is -1.99. The number of methoxy groups -OCH3 is 1. The largest absolute Gasteiger partial charge is 0.496 e. The molecule has 1 fully saturated rings. The third-order valence-corrected chi connectivity index (χ3v) is 7.06. The number of rotatable bonds is 6. The molecule has 2 aromatic rings. The Morgan fingerprint density at radius 1 is 1.11 bits per heavy atom. The first-order valence-corrected chi connectivity index (χ1v) is 10.6. The molecule has 27 heavy (non-hydrogen) atoms. The van der Waals surface area contributed by atoms with Crippen molar-refractivity contribution in [3.8, 4) is 5.75 Å². The number of hydrogen-bond donors (Lipinski definition) is 0. The Morgan fingerprint density at radius 3 is 2.48 bits per heavy atom. The quantitative estimate of drug-likeness (QED) is 0.510. The number of carbonyl (C=O) groups excluding carboxylic acids is 2. The minimum absolute atomic E-state index is 0.0481. The topological polar surface area (TPSA) is 52.6 Å². The number of Topliss-reactive ketones (excluding diaryl/α,β-unsaturated/α-hetero) is 1. The van der Waals surface area contributed by atoms with Gasteiger partial charge in [0.1, 0.15) is 11.6 Å². The van der Waals surface area contributed by atoms with Crippen LogP contribution in [0.4, 0.5) is 4.39 Å². The number of ether oxygens (including phenoxy) is 2. The summed E-state index contributed by atoms with van der Waals surface area (Å²) in [5.74, 6) is 0.865. The Morgan fingerprint density at radius 2 is 1.81 bits per heavy atom. The molecule has 0 aliphatic carbocycles. The highest BCUT2D eigenvalue weighted by Gasteiger charge is 2.19. The number of hydrogen-bond acceptors (Lipinski definition) is 6. The van der Waals surface area contributed by atoms with Crippen molar-refractivity contribution in [3.63, 3.8) is 0 Å². The fourth-order valence-electron chi connectivity index (χ4n) is 2.65. The van der Waals surface area contributed by atoms with Crippen molar-refractivity contribution in [2.45, 2.75) is 11.0 Å². The van der Waals surface area contributed by atoms with Crippen LogP contribution in [-0.4, -0.2) is 37.0 Å². The molecule has 0 spiro atoms. The predicted molar refractivity (Wildman–Crippen MR) is 106 cm³/mol. The molecule has 0 aromatic heterocycles. The van der Waals surface area contributed by atoms with Crippen molar-refractivity contribution in [2.24, 2.45) is 0 Å². The molecule has 1 saturated heterocycles. The van der Waals surface area contributed by atoms with Gasteiger partial charge in [0.2, 0.25) is 5.78 Å². The lowest BCUT2D eigenvalue weighted by atomic mass is 10.1. The summed E-state index contributed by atoms with van der Waals surface area (Å²) in [5.41, 5.74) is 1.59. The molecule has 0 saturated carbocycles. The summed E-state index contributed by atoms with van der Waals surface area (Å²) in [4.78, 5) is 24.4. The molecular formula is C20H19FO4S2. The van der Waals surface area contributed by atoms with Crippen LogP contribution >= 0.6 is 23.5 Å². The molecule has 7 heteroatoms. The zero-order valence-electron chi connectivity index (χ0n) is 14.8. The molecule has 2 aromatic carbocycles. The number of esters is 1. The second-order valence-corrected chi connectivity index (χ2v) is 8.62. The average Bonchev–Trinajstić information content (AvgIpc) is 2.72. The monoisotopic (exact) mass is 406 g/mol. The molecule has 0 N–H and O–H groups in total. The second kappa shape index (κ2) is 9.28. The lowest BCUT2D eigenvalue weighted by Crippen LogP contribution is -2.15. The number of carbonyl (C=O) groups is 2. The minimum atomic E-state index is -0.589. The zero-order valence-corrected chi connectivity index (χ0v) is 16.4. The summed E-state index contributed by atoms with van der Waals surface area (Å²) in [7, 11) is 1.39. The molecule has 0 amide bonds. The van der Waals surface area contributed by atoms with Crippen LogP contribution in [0.25, 0.3) is 0 Å². The van der Waals surface area contributed by atoms with Gasteiger partial charge in [-0.1, -0.05) is 12.1 Å². The first-order chi connectivity index (χ1) is 13.1. The predicted octanol–water partition coefficient (Wildman–Crippen LogP) is 4.74. The summed E-state index contributed by atoms with van der Waals surface area (Å²) in [6, 6.07) is 10.9. The summed E-state index contributed by atoms with van der Waals surface area (Å²) >= 11 is 3.81. The van der Waals surface area contributed by atoms with Crippen molar-refractivity contribution in [3.05, 3.63) is 65.0 Å². The molecule has 4 nitrogen and oxygen atoms in total. The lowest BCUT2D eigenvalue weighted by molar-refractivity contribution is 0.0474. The van der Waals surface area contributed by atoms with Crippen LogP contribution < -0.4 is 4.74 Å². The van der Waals surface area contributed by atoms with E-state index in [2.05, 4.69) is 0 Å². The SMILES string of the molecule is COc1ccc(F)cc1C(=O)COC(=O)c1ccc(C2SCCCS2)cc1. The summed E-state index contributed by atoms with van der Waals surface area (Å²) in [5, 5.41) is 0. The normalized spacial score (nSPS) is 14.6. The van der Waals surface area contributed by atoms with E-state index in [-0.39, 0.29) is 11.3 Å². The molecule has 1 aliphatic rings. The van der Waals surface area contributed by atoms with E-state index >= 15 is 0 Å². The van der Waals surface area contributed by atoms with E-state index in [4.69, 9.17) is 9.47 Å². The number of halogens is 1. The zero-order chi connectivity index (χ0) is 19.2. The molecule has 0 atom stereocenters. The van der Waals surface area contributed by atoms with E-state index in [1.807, 2.05) is 35.7 Å². The van der Waals surface area contributed by atoms with Crippen LogP contribution in [0, 0.1) is 5.82 Å². The van der Waals surface area contributed by atoms with E-state index in [9.17, 15) is 14.0 Å². The maximum atomic E-state index is 13.4. The summed E-state index contributed by atoms with van der Waals surface area (Å²) in [6.07, 6.45) is 1.22. The van der Waals surface area contributed by atoms with E-state index in [1.165, 1.54) is 31.2 Å². The molecule has 1 aliphatic heterocycles. The van der Waals surface area contributed by atoms with E-state index in [0.29, 0.717) is 10.1 Å². The molecule has 3 rings (SSSR count). The molecule has 0 radical (unpaired) electrons. The van der Waals surface area contributed by atoms with Gasteiger partial charge in [-0.05, 0) is 53.8 Å². The van der Waals surface area contributed by atoms with Crippen LogP contribution in [0.5, 0.6) is 5.75 Å². The van der Waals surface area contributed by atoms with E-state index < -0.39 is 24.2 Å². The van der Waals surface area contributed by atoms with Crippen LogP contribution in [0.3, 0.4) is 0 Å². The van der Waals surface area contributed by atoms with Crippen molar-refractivity contribution in [2.75, 3.05) is 25.2 Å². The van der Waals surface area contributed by atoms with Crippen LogP contribution in [0.15, 0.2) is 42.5 Å². The van der Waals surface area contributed by atoms with Crippen LogP contribution in [0.1, 0.15) is 37.3 Å². The summed E-state index contributed by atoms with van der Waals surface area (Å²) < 4.78 is 23.9. The highest BCUT2D eigenvalue weighted by molar-refractivity contribution is 8.16. The molecule has 1 heterocycles. The first kappa shape index (κ1) is 19.8. The Kier molecular flexibility index (Phi) is 6.79. The minimum Gasteiger partial charge on any atom is -0.496 e. The van der Waals surface area contributed by atoms with E-state index in [0.717, 1.165) is 17.6 Å². The van der Waals surface area contributed by atoms with Crippen LogP contribution in [0.2, 0.25) is 0 Å². The third-order valence-electron chi connectivity index (χ3n) is 4.04. The standard InChI is InChI=1S/C20H19FO4S2/c1-24-18-8-7-15(21)11-16(18)17(22)12-25-19(23)13-3-5-14(6-4-13)20-26-9-2-10-27-20/h3-8,11,20H,2,9-10,12H2,1H3. The smallest absolute Gasteiger partial charge is 0.338 e. The van der Waals surface area contributed by atoms with Crippen molar-refractivity contribution >= 4 is 35.3 Å². The fourth-order valence-corrected chi connectivity index (χ4v) is 5.54. The Bertz CT molecular complexity index is 817. The third kappa shape index (κ3) is 5.05. The van der Waals surface area contributed by atoms with E-state index in [1.54, 1.807) is 12.1 Å². The second-order valence-electron chi connectivity index (χ2n) is 5.89. The summed E-state index contributed by atoms with van der Waals surface area (Å²) in [6.45, 7) is -0.477. The molecule has 0 bridgehead atoms. The maximum absolute atomic E-state index is 13.4. The van der Waals surface area contributed by atoms with Crippen molar-refractivity contribution < 1.29 is 23.5 Å². The van der Waals surface area contributed by atoms with Gasteiger partial charge in [-0.2, -0.15) is 0 Å². The molecular weight excluding hydrogens is 387 g/mol. The highest BCUT2D eigenvalue weighted by Crippen LogP contribution is 2.43. The molecule has 0 unspecified atom stereocenters. The van der Waals surface area contributed by atoms with Gasteiger partial charge in [-0.15, -0.1) is 23.5 Å². The number of ketones is 1. The number of thioether (sulfide) groups is 2.